The topological polar surface area (TPSA) is 95.1 Å². The number of amides is 1. The lowest BCUT2D eigenvalue weighted by Gasteiger charge is -2.14. The highest BCUT2D eigenvalue weighted by Gasteiger charge is 2.25. The first kappa shape index (κ1) is 14.6. The predicted octanol–water partition coefficient (Wildman–Crippen LogP) is 1.11. The number of rotatable bonds is 5. The van der Waals surface area contributed by atoms with E-state index in [1.165, 1.54) is 12.5 Å². The molecule has 0 saturated heterocycles. The molecule has 8 heteroatoms. The lowest BCUT2D eigenvalue weighted by molar-refractivity contribution is -0.139. The highest BCUT2D eigenvalue weighted by atomic mass is 19.1. The molecule has 0 bridgehead atoms. The van der Waals surface area contributed by atoms with E-state index in [2.05, 4.69) is 15.3 Å². The molecule has 0 fully saturated rings. The number of nitrogens with zero attached hydrogens (tertiary/aromatic N) is 1. The highest BCUT2D eigenvalue weighted by Crippen LogP contribution is 2.12. The number of imidazole rings is 1. The van der Waals surface area contributed by atoms with Crippen molar-refractivity contribution in [1.82, 2.24) is 15.3 Å². The highest BCUT2D eigenvalue weighted by molar-refractivity contribution is 5.97. The Hall–Kier alpha value is -2.77. The normalized spacial score (nSPS) is 11.9. The Morgan fingerprint density at radius 3 is 2.52 bits per heavy atom. The number of nitrogens with one attached hydrogen (secondary N) is 2. The second-order valence-corrected chi connectivity index (χ2v) is 4.24. The Morgan fingerprint density at radius 2 is 2.00 bits per heavy atom. The molecule has 0 aliphatic rings. The van der Waals surface area contributed by atoms with Gasteiger partial charge in [-0.2, -0.15) is 0 Å². The van der Waals surface area contributed by atoms with E-state index < -0.39 is 35.1 Å². The predicted molar refractivity (Wildman–Crippen MR) is 67.5 cm³/mol. The summed E-state index contributed by atoms with van der Waals surface area (Å²) in [6.45, 7) is 0. The molecule has 3 N–H and O–H groups in total. The van der Waals surface area contributed by atoms with Gasteiger partial charge in [0.15, 0.2) is 0 Å². The molecule has 2 aromatic rings. The average Bonchev–Trinajstić information content (AvgIpc) is 2.90. The van der Waals surface area contributed by atoms with Gasteiger partial charge in [0.1, 0.15) is 23.2 Å². The molecule has 21 heavy (non-hydrogen) atoms. The molecule has 1 aromatic heterocycles. The van der Waals surface area contributed by atoms with Crippen LogP contribution >= 0.6 is 0 Å². The third-order valence-corrected chi connectivity index (χ3v) is 2.77. The number of benzene rings is 1. The van der Waals surface area contributed by atoms with Crippen LogP contribution < -0.4 is 5.32 Å². The summed E-state index contributed by atoms with van der Waals surface area (Å²) in [6, 6.07) is 1.61. The molecular formula is C13H11F2N3O3. The molecule has 6 nitrogen and oxygen atoms in total. The molecule has 0 unspecified atom stereocenters. The molecule has 1 amide bonds. The van der Waals surface area contributed by atoms with Crippen LogP contribution in [-0.2, 0) is 11.2 Å². The lowest BCUT2D eigenvalue weighted by Crippen LogP contribution is -2.43. The van der Waals surface area contributed by atoms with Gasteiger partial charge in [0.05, 0.1) is 6.33 Å². The molecule has 1 atom stereocenters. The summed E-state index contributed by atoms with van der Waals surface area (Å²) in [5, 5.41) is 11.2. The molecule has 110 valence electrons. The molecule has 2 rings (SSSR count). The van der Waals surface area contributed by atoms with Crippen molar-refractivity contribution >= 4 is 11.9 Å². The van der Waals surface area contributed by atoms with Crippen molar-refractivity contribution < 1.29 is 23.5 Å². The van der Waals surface area contributed by atoms with Crippen LogP contribution in [0, 0.1) is 11.6 Å². The smallest absolute Gasteiger partial charge is 0.326 e. The second kappa shape index (κ2) is 6.12. The second-order valence-electron chi connectivity index (χ2n) is 4.24. The lowest BCUT2D eigenvalue weighted by atomic mass is 10.1. The first-order valence-electron chi connectivity index (χ1n) is 5.94. The van der Waals surface area contributed by atoms with Crippen LogP contribution in [0.5, 0.6) is 0 Å². The zero-order chi connectivity index (χ0) is 15.4. The average molecular weight is 295 g/mol. The number of hydrogen-bond acceptors (Lipinski definition) is 3. The van der Waals surface area contributed by atoms with E-state index in [9.17, 15) is 18.4 Å². The van der Waals surface area contributed by atoms with Gasteiger partial charge in [0.25, 0.3) is 5.91 Å². The molecule has 0 aliphatic carbocycles. The quantitative estimate of drug-likeness (QED) is 0.770. The third kappa shape index (κ3) is 3.41. The van der Waals surface area contributed by atoms with Gasteiger partial charge < -0.3 is 15.4 Å². The fraction of sp³-hybridized carbons (Fsp3) is 0.154. The van der Waals surface area contributed by atoms with E-state index in [0.29, 0.717) is 5.69 Å². The van der Waals surface area contributed by atoms with Crippen molar-refractivity contribution in [2.45, 2.75) is 12.5 Å². The summed E-state index contributed by atoms with van der Waals surface area (Å²) >= 11 is 0. The van der Waals surface area contributed by atoms with Crippen LogP contribution in [0.2, 0.25) is 0 Å². The zero-order valence-corrected chi connectivity index (χ0v) is 10.6. The molecular weight excluding hydrogens is 284 g/mol. The van der Waals surface area contributed by atoms with Gasteiger partial charge in [0.2, 0.25) is 0 Å². The van der Waals surface area contributed by atoms with Crippen LogP contribution in [0.4, 0.5) is 8.78 Å². The van der Waals surface area contributed by atoms with Gasteiger partial charge in [-0.05, 0) is 12.1 Å². The number of aromatic nitrogens is 2. The Balaban J connectivity index is 2.17. The fourth-order valence-electron chi connectivity index (χ4n) is 1.76. The molecule has 0 radical (unpaired) electrons. The Bertz CT molecular complexity index is 638. The Labute approximate surface area is 117 Å². The summed E-state index contributed by atoms with van der Waals surface area (Å²) < 4.78 is 26.9. The number of aromatic amines is 1. The molecule has 0 saturated carbocycles. The van der Waals surface area contributed by atoms with E-state index in [-0.39, 0.29) is 6.42 Å². The number of carbonyl (C=O) groups is 2. The molecule has 1 aromatic carbocycles. The standard InChI is InChI=1S/C13H11F2N3O3/c14-8-2-1-3-9(15)11(8)12(19)18-10(13(20)21)4-7-5-16-6-17-7/h1-3,5-6,10H,4H2,(H,16,17)(H,18,19)(H,20,21)/t10-/m0/s1. The summed E-state index contributed by atoms with van der Waals surface area (Å²) in [7, 11) is 0. The molecule has 0 spiro atoms. The van der Waals surface area contributed by atoms with E-state index >= 15 is 0 Å². The minimum atomic E-state index is -1.34. The summed E-state index contributed by atoms with van der Waals surface area (Å²) in [6.07, 6.45) is 2.66. The monoisotopic (exact) mass is 295 g/mol. The van der Waals surface area contributed by atoms with Crippen LogP contribution in [-0.4, -0.2) is 33.0 Å². The van der Waals surface area contributed by atoms with Crippen molar-refractivity contribution in [3.63, 3.8) is 0 Å². The van der Waals surface area contributed by atoms with Crippen molar-refractivity contribution in [3.05, 3.63) is 53.6 Å². The van der Waals surface area contributed by atoms with Crippen LogP contribution in [0.3, 0.4) is 0 Å². The van der Waals surface area contributed by atoms with Gasteiger partial charge >= 0.3 is 5.97 Å². The summed E-state index contributed by atoms with van der Waals surface area (Å²) in [5.74, 6) is -4.57. The van der Waals surface area contributed by atoms with Gasteiger partial charge in [0, 0.05) is 18.3 Å². The largest absolute Gasteiger partial charge is 0.480 e. The van der Waals surface area contributed by atoms with E-state index in [4.69, 9.17) is 5.11 Å². The zero-order valence-electron chi connectivity index (χ0n) is 10.6. The van der Waals surface area contributed by atoms with Crippen molar-refractivity contribution in [2.24, 2.45) is 0 Å². The number of aliphatic carboxylic acids is 1. The third-order valence-electron chi connectivity index (χ3n) is 2.77. The molecule has 0 aliphatic heterocycles. The van der Waals surface area contributed by atoms with Gasteiger partial charge in [-0.25, -0.2) is 18.6 Å². The maximum absolute atomic E-state index is 13.5. The van der Waals surface area contributed by atoms with Crippen molar-refractivity contribution in [1.29, 1.82) is 0 Å². The van der Waals surface area contributed by atoms with E-state index in [1.807, 2.05) is 0 Å². The van der Waals surface area contributed by atoms with Crippen molar-refractivity contribution in [3.8, 4) is 0 Å². The minimum absolute atomic E-state index is 0.0862. The maximum Gasteiger partial charge on any atom is 0.326 e. The molecule has 1 heterocycles. The summed E-state index contributed by atoms with van der Waals surface area (Å²) in [5.41, 5.74) is -0.343. The van der Waals surface area contributed by atoms with Crippen LogP contribution in [0.15, 0.2) is 30.7 Å². The Kier molecular flexibility index (Phi) is 4.27. The van der Waals surface area contributed by atoms with Gasteiger partial charge in [-0.15, -0.1) is 0 Å². The van der Waals surface area contributed by atoms with E-state index in [0.717, 1.165) is 18.2 Å². The number of halogens is 2. The Morgan fingerprint density at radius 1 is 1.33 bits per heavy atom. The maximum atomic E-state index is 13.5. The first-order chi connectivity index (χ1) is 9.99. The minimum Gasteiger partial charge on any atom is -0.480 e. The number of carboxylic acid groups (broad SMARTS) is 1. The SMILES string of the molecule is O=C(N[C@@H](Cc1cnc[nH]1)C(=O)O)c1c(F)cccc1F. The fourth-order valence-corrected chi connectivity index (χ4v) is 1.76. The first-order valence-corrected chi connectivity index (χ1v) is 5.94. The number of carbonyl (C=O) groups excluding carboxylic acids is 1. The van der Waals surface area contributed by atoms with E-state index in [1.54, 1.807) is 0 Å². The van der Waals surface area contributed by atoms with Crippen molar-refractivity contribution in [2.75, 3.05) is 0 Å². The van der Waals surface area contributed by atoms with Crippen LogP contribution in [0.25, 0.3) is 0 Å². The van der Waals surface area contributed by atoms with Crippen LogP contribution in [0.1, 0.15) is 16.1 Å². The number of carboxylic acids is 1. The van der Waals surface area contributed by atoms with Gasteiger partial charge in [-0.3, -0.25) is 4.79 Å². The summed E-state index contributed by atoms with van der Waals surface area (Å²) in [4.78, 5) is 29.4. The van der Waals surface area contributed by atoms with Gasteiger partial charge in [-0.1, -0.05) is 6.07 Å². The number of hydrogen-bond donors (Lipinski definition) is 3. The number of H-pyrrole nitrogens is 1.